The highest BCUT2D eigenvalue weighted by Gasteiger charge is 2.46. The van der Waals surface area contributed by atoms with Gasteiger partial charge in [-0.05, 0) is 83.7 Å². The van der Waals surface area contributed by atoms with Gasteiger partial charge in [0.2, 0.25) is 5.91 Å². The van der Waals surface area contributed by atoms with Gasteiger partial charge in [-0.2, -0.15) is 0 Å². The summed E-state index contributed by atoms with van der Waals surface area (Å²) in [6.07, 6.45) is -0.388. The molecule has 0 radical (unpaired) electrons. The molecule has 0 saturated heterocycles. The van der Waals surface area contributed by atoms with Crippen LogP contribution in [0.25, 0.3) is 22.4 Å². The van der Waals surface area contributed by atoms with E-state index in [9.17, 15) is 24.5 Å². The number of benzene rings is 4. The first-order valence-corrected chi connectivity index (χ1v) is 19.7. The van der Waals surface area contributed by atoms with Crippen LogP contribution in [0.2, 0.25) is 0 Å². The number of anilines is 1. The first kappa shape index (κ1) is 43.1. The number of aromatic nitrogens is 2. The van der Waals surface area contributed by atoms with Crippen LogP contribution in [0, 0.1) is 17.0 Å². The monoisotopic (exact) mass is 820 g/mol. The third-order valence-corrected chi connectivity index (χ3v) is 10.6. The number of H-pyrrole nitrogens is 1. The summed E-state index contributed by atoms with van der Waals surface area (Å²) in [5.41, 5.74) is 2.64. The topological polar surface area (TPSA) is 178 Å². The number of nitrogens with one attached hydrogen (secondary N) is 2. The van der Waals surface area contributed by atoms with Gasteiger partial charge in [0, 0.05) is 49.5 Å². The minimum atomic E-state index is -1.19. The summed E-state index contributed by atoms with van der Waals surface area (Å²) in [4.78, 5) is 65.0. The number of aryl methyl sites for hydroxylation is 1. The maximum atomic E-state index is 14.7. The first-order valence-electron chi connectivity index (χ1n) is 19.7. The van der Waals surface area contributed by atoms with Crippen molar-refractivity contribution in [2.75, 3.05) is 46.3 Å². The Morgan fingerprint density at radius 2 is 1.70 bits per heavy atom. The maximum Gasteiger partial charge on any atom is 0.410 e. The quantitative estimate of drug-likeness (QED) is 0.0449. The molecule has 6 rings (SSSR count). The molecule has 0 bridgehead atoms. The molecule has 0 fully saturated rings. The van der Waals surface area contributed by atoms with Gasteiger partial charge in [0.05, 0.1) is 41.3 Å². The zero-order valence-corrected chi connectivity index (χ0v) is 35.5. The lowest BCUT2D eigenvalue weighted by molar-refractivity contribution is -0.385. The molecule has 15 heteroatoms. The molecule has 1 aromatic heterocycles. The highest BCUT2D eigenvalue weighted by Crippen LogP contribution is 2.42. The summed E-state index contributed by atoms with van der Waals surface area (Å²) in [6.45, 7) is 11.1. The smallest absolute Gasteiger partial charge is 0.410 e. The second-order valence-corrected chi connectivity index (χ2v) is 16.2. The molecule has 2 N–H and O–H groups in total. The number of fused-ring (bicyclic) bond motifs is 3. The highest BCUT2D eigenvalue weighted by molar-refractivity contribution is 6.19. The second-order valence-electron chi connectivity index (χ2n) is 16.2. The molecule has 1 aliphatic rings. The van der Waals surface area contributed by atoms with Gasteiger partial charge in [-0.1, -0.05) is 48.5 Å². The fourth-order valence-electron chi connectivity index (χ4n) is 7.35. The van der Waals surface area contributed by atoms with Crippen molar-refractivity contribution in [1.82, 2.24) is 19.8 Å². The number of hydrogen-bond donors (Lipinski definition) is 2. The van der Waals surface area contributed by atoms with E-state index in [4.69, 9.17) is 23.9 Å². The number of nitro groups is 1. The zero-order chi connectivity index (χ0) is 43.5. The van der Waals surface area contributed by atoms with Gasteiger partial charge >= 0.3 is 6.09 Å². The Morgan fingerprint density at radius 3 is 2.35 bits per heavy atom. The number of aromatic amines is 1. The lowest BCUT2D eigenvalue weighted by Gasteiger charge is -2.38. The molecule has 0 spiro atoms. The molecule has 3 amide bonds. The Bertz CT molecular complexity index is 2420. The van der Waals surface area contributed by atoms with Crippen molar-refractivity contribution in [3.05, 3.63) is 111 Å². The number of rotatable bonds is 15. The van der Waals surface area contributed by atoms with Gasteiger partial charge in [0.1, 0.15) is 16.9 Å². The molecule has 4 aromatic carbocycles. The zero-order valence-electron chi connectivity index (χ0n) is 35.5. The number of amides is 3. The molecule has 1 aliphatic heterocycles. The van der Waals surface area contributed by atoms with E-state index in [1.165, 1.54) is 11.0 Å². The average Bonchev–Trinajstić information content (AvgIpc) is 3.66. The number of ether oxygens (including phenoxy) is 4. The van der Waals surface area contributed by atoms with E-state index in [0.29, 0.717) is 63.7 Å². The largest absolute Gasteiger partial charge is 0.493 e. The van der Waals surface area contributed by atoms with E-state index in [1.54, 1.807) is 86.0 Å². The molecule has 5 aromatic rings. The Hall–Kier alpha value is -6.48. The van der Waals surface area contributed by atoms with Crippen LogP contribution in [0.4, 0.5) is 16.2 Å². The summed E-state index contributed by atoms with van der Waals surface area (Å²) in [5, 5.41) is 15.3. The molecule has 15 nitrogen and oxygen atoms in total. The fraction of sp³-hybridized carbons (Fsp3) is 0.378. The van der Waals surface area contributed by atoms with Gasteiger partial charge < -0.3 is 34.1 Å². The van der Waals surface area contributed by atoms with E-state index < -0.39 is 40.1 Å². The van der Waals surface area contributed by atoms with Crippen LogP contribution < -0.4 is 14.8 Å². The summed E-state index contributed by atoms with van der Waals surface area (Å²) in [7, 11) is 4.69. The van der Waals surface area contributed by atoms with E-state index in [1.807, 2.05) is 48.5 Å². The Labute approximate surface area is 349 Å². The van der Waals surface area contributed by atoms with Crippen LogP contribution in [0.15, 0.2) is 72.8 Å². The normalized spacial score (nSPS) is 14.1. The van der Waals surface area contributed by atoms with Crippen LogP contribution in [0.3, 0.4) is 0 Å². The Kier molecular flexibility index (Phi) is 12.5. The summed E-state index contributed by atoms with van der Waals surface area (Å²) < 4.78 is 22.4. The van der Waals surface area contributed by atoms with Gasteiger partial charge in [0.25, 0.3) is 11.6 Å². The van der Waals surface area contributed by atoms with Crippen LogP contribution >= 0.6 is 0 Å². The standard InChI is InChI=1S/C45H52N6O9/c1-27-16-18-30(25-33(27)51(55)56)39-47-37-32(46-40(59-9)29-14-11-10-12-15-29)26-31-36(38(37)48-39)41(52)50(42(53)45(31,5)6)22-13-21-49(43(54)60-44(2,3)4)23-20-28-17-19-34(57-7)35(24-28)58-8/h10-12,14-19,24-26,40,46H,13,20-23H2,1-9H3,(H,47,48). The number of imidazole rings is 1. The van der Waals surface area contributed by atoms with Crippen LogP contribution in [0.5, 0.6) is 11.5 Å². The van der Waals surface area contributed by atoms with Crippen LogP contribution in [-0.4, -0.2) is 89.2 Å². The molecule has 2 heterocycles. The van der Waals surface area contributed by atoms with E-state index in [2.05, 4.69) is 10.3 Å². The minimum absolute atomic E-state index is 0.0165. The molecule has 316 valence electrons. The molecule has 0 saturated carbocycles. The fourth-order valence-corrected chi connectivity index (χ4v) is 7.35. The number of imide groups is 1. The predicted molar refractivity (Wildman–Crippen MR) is 227 cm³/mol. The highest BCUT2D eigenvalue weighted by atomic mass is 16.6. The van der Waals surface area contributed by atoms with Gasteiger partial charge in [-0.15, -0.1) is 0 Å². The van der Waals surface area contributed by atoms with Crippen LogP contribution in [-0.2, 0) is 26.1 Å². The summed E-state index contributed by atoms with van der Waals surface area (Å²) in [6, 6.07) is 21.6. The van der Waals surface area contributed by atoms with Gasteiger partial charge in [-0.3, -0.25) is 24.6 Å². The Morgan fingerprint density at radius 1 is 0.983 bits per heavy atom. The molecule has 60 heavy (non-hydrogen) atoms. The van der Waals surface area contributed by atoms with Crippen molar-refractivity contribution in [1.29, 1.82) is 0 Å². The number of methoxy groups -OCH3 is 3. The van der Waals surface area contributed by atoms with Crippen molar-refractivity contribution in [2.24, 2.45) is 0 Å². The minimum Gasteiger partial charge on any atom is -0.493 e. The molecular formula is C45H52N6O9. The average molecular weight is 821 g/mol. The molecular weight excluding hydrogens is 769 g/mol. The lowest BCUT2D eigenvalue weighted by atomic mass is 9.76. The van der Waals surface area contributed by atoms with Crippen molar-refractivity contribution >= 4 is 40.3 Å². The number of hydrogen-bond acceptors (Lipinski definition) is 11. The number of nitro benzene ring substituents is 1. The lowest BCUT2D eigenvalue weighted by Crippen LogP contribution is -2.52. The summed E-state index contributed by atoms with van der Waals surface area (Å²) >= 11 is 0. The molecule has 1 atom stereocenters. The summed E-state index contributed by atoms with van der Waals surface area (Å²) in [5.74, 6) is 0.526. The maximum absolute atomic E-state index is 14.7. The predicted octanol–water partition coefficient (Wildman–Crippen LogP) is 8.35. The second kappa shape index (κ2) is 17.4. The van der Waals surface area contributed by atoms with Crippen molar-refractivity contribution in [3.8, 4) is 22.9 Å². The molecule has 1 unspecified atom stereocenters. The Balaban J connectivity index is 1.35. The number of nitrogens with zero attached hydrogens (tertiary/aromatic N) is 4. The SMILES string of the molecule is COc1ccc(CCN(CCCN2C(=O)c3c(cc(NC(OC)c4ccccc4)c4nc(-c5ccc(C)c([N+](=O)[O-])c5)[nH]c34)C(C)(C)C2=O)C(=O)OC(C)(C)C)cc1OC. The van der Waals surface area contributed by atoms with E-state index >= 15 is 0 Å². The number of carbonyl (C=O) groups excluding carboxylic acids is 3. The van der Waals surface area contributed by atoms with E-state index in [0.717, 1.165) is 11.1 Å². The first-order chi connectivity index (χ1) is 28.5. The third kappa shape index (κ3) is 8.90. The van der Waals surface area contributed by atoms with Gasteiger partial charge in [0.15, 0.2) is 17.7 Å². The molecule has 0 aliphatic carbocycles. The van der Waals surface area contributed by atoms with Crippen molar-refractivity contribution in [2.45, 2.75) is 71.6 Å². The van der Waals surface area contributed by atoms with Crippen LogP contribution in [0.1, 0.15) is 79.9 Å². The third-order valence-electron chi connectivity index (χ3n) is 10.6. The van der Waals surface area contributed by atoms with Gasteiger partial charge in [-0.25, -0.2) is 9.78 Å². The van der Waals surface area contributed by atoms with Crippen molar-refractivity contribution in [3.63, 3.8) is 0 Å². The van der Waals surface area contributed by atoms with Crippen molar-refractivity contribution < 1.29 is 38.3 Å². The number of carbonyl (C=O) groups is 3. The van der Waals surface area contributed by atoms with E-state index in [-0.39, 0.29) is 30.8 Å².